The van der Waals surface area contributed by atoms with Gasteiger partial charge in [-0.2, -0.15) is 5.10 Å². The second-order valence-corrected chi connectivity index (χ2v) is 8.77. The number of hydrogen-bond donors (Lipinski definition) is 0. The molecule has 0 unspecified atom stereocenters. The molecule has 0 radical (unpaired) electrons. The lowest BCUT2D eigenvalue weighted by atomic mass is 9.97. The van der Waals surface area contributed by atoms with Crippen LogP contribution in [-0.2, 0) is 14.3 Å². The van der Waals surface area contributed by atoms with Gasteiger partial charge in [0.25, 0.3) is 5.91 Å². The standard InChI is InChI=1S/C25H27ClFN3O3/c1-2-33-25(32)18-6-5-13-29(15-18)16-24(31)30-23(20-7-3-4-8-21(20)26)14-22(28-30)17-9-11-19(27)12-10-17/h3-4,7-12,18,23H,2,5-6,13-16H2,1H3/t18-,23-/m1/s1. The molecular formula is C25H27ClFN3O3. The Morgan fingerprint density at radius 1 is 1.18 bits per heavy atom. The summed E-state index contributed by atoms with van der Waals surface area (Å²) in [5.41, 5.74) is 2.29. The van der Waals surface area contributed by atoms with Gasteiger partial charge >= 0.3 is 5.97 Å². The molecule has 1 amide bonds. The average molecular weight is 472 g/mol. The highest BCUT2D eigenvalue weighted by Crippen LogP contribution is 2.36. The van der Waals surface area contributed by atoms with Crippen LogP contribution in [0, 0.1) is 11.7 Å². The molecule has 4 rings (SSSR count). The minimum absolute atomic E-state index is 0.150. The van der Waals surface area contributed by atoms with E-state index < -0.39 is 0 Å². The first kappa shape index (κ1) is 23.4. The number of hydrazone groups is 1. The largest absolute Gasteiger partial charge is 0.466 e. The van der Waals surface area contributed by atoms with E-state index in [1.807, 2.05) is 23.1 Å². The molecule has 2 aliphatic heterocycles. The van der Waals surface area contributed by atoms with E-state index in [2.05, 4.69) is 5.10 Å². The van der Waals surface area contributed by atoms with Crippen LogP contribution in [0.3, 0.4) is 0 Å². The van der Waals surface area contributed by atoms with Crippen LogP contribution in [0.1, 0.15) is 43.4 Å². The number of piperidine rings is 1. The molecule has 0 aliphatic carbocycles. The number of likely N-dealkylation sites (tertiary alicyclic amines) is 1. The third-order valence-electron chi connectivity index (χ3n) is 6.09. The molecule has 174 valence electrons. The van der Waals surface area contributed by atoms with E-state index >= 15 is 0 Å². The lowest BCUT2D eigenvalue weighted by Gasteiger charge is -2.32. The normalized spacial score (nSPS) is 21.1. The van der Waals surface area contributed by atoms with E-state index in [0.717, 1.165) is 30.5 Å². The number of benzene rings is 2. The van der Waals surface area contributed by atoms with Gasteiger partial charge in [-0.15, -0.1) is 0 Å². The van der Waals surface area contributed by atoms with Gasteiger partial charge in [0.2, 0.25) is 0 Å². The van der Waals surface area contributed by atoms with Crippen molar-refractivity contribution >= 4 is 29.2 Å². The average Bonchev–Trinajstić information content (AvgIpc) is 3.25. The quantitative estimate of drug-likeness (QED) is 0.585. The van der Waals surface area contributed by atoms with Crippen LogP contribution in [0.4, 0.5) is 4.39 Å². The van der Waals surface area contributed by atoms with Crippen molar-refractivity contribution in [3.05, 3.63) is 70.5 Å². The number of carbonyl (C=O) groups is 2. The van der Waals surface area contributed by atoms with Crippen LogP contribution in [0.15, 0.2) is 53.6 Å². The summed E-state index contributed by atoms with van der Waals surface area (Å²) in [7, 11) is 0. The van der Waals surface area contributed by atoms with Crippen molar-refractivity contribution in [2.75, 3.05) is 26.2 Å². The third kappa shape index (κ3) is 5.42. The molecule has 0 bridgehead atoms. The van der Waals surface area contributed by atoms with Crippen LogP contribution in [-0.4, -0.2) is 53.7 Å². The fraction of sp³-hybridized carbons (Fsp3) is 0.400. The number of nitrogens with zero attached hydrogens (tertiary/aromatic N) is 3. The molecular weight excluding hydrogens is 445 g/mol. The molecule has 2 atom stereocenters. The number of esters is 1. The van der Waals surface area contributed by atoms with Crippen LogP contribution < -0.4 is 0 Å². The fourth-order valence-electron chi connectivity index (χ4n) is 4.46. The zero-order valence-corrected chi connectivity index (χ0v) is 19.3. The smallest absolute Gasteiger partial charge is 0.310 e. The number of amides is 1. The van der Waals surface area contributed by atoms with E-state index in [0.29, 0.717) is 30.3 Å². The summed E-state index contributed by atoms with van der Waals surface area (Å²) < 4.78 is 18.6. The Kier molecular flexibility index (Phi) is 7.40. The van der Waals surface area contributed by atoms with Crippen molar-refractivity contribution in [3.63, 3.8) is 0 Å². The first-order valence-corrected chi connectivity index (χ1v) is 11.6. The second kappa shape index (κ2) is 10.4. The summed E-state index contributed by atoms with van der Waals surface area (Å²) in [4.78, 5) is 27.6. The predicted molar refractivity (Wildman–Crippen MR) is 124 cm³/mol. The van der Waals surface area contributed by atoms with Crippen LogP contribution in [0.25, 0.3) is 0 Å². The summed E-state index contributed by atoms with van der Waals surface area (Å²) in [6, 6.07) is 13.2. The molecule has 2 heterocycles. The maximum Gasteiger partial charge on any atom is 0.310 e. The maximum atomic E-state index is 13.4. The summed E-state index contributed by atoms with van der Waals surface area (Å²) in [5.74, 6) is -0.917. The first-order valence-electron chi connectivity index (χ1n) is 11.2. The van der Waals surface area contributed by atoms with E-state index in [4.69, 9.17) is 16.3 Å². The van der Waals surface area contributed by atoms with Gasteiger partial charge in [-0.05, 0) is 55.6 Å². The van der Waals surface area contributed by atoms with E-state index in [9.17, 15) is 14.0 Å². The summed E-state index contributed by atoms with van der Waals surface area (Å²) >= 11 is 6.46. The number of rotatable bonds is 6. The predicted octanol–water partition coefficient (Wildman–Crippen LogP) is 4.43. The van der Waals surface area contributed by atoms with Crippen LogP contribution in [0.5, 0.6) is 0 Å². The van der Waals surface area contributed by atoms with Gasteiger partial charge in [0.1, 0.15) is 5.82 Å². The van der Waals surface area contributed by atoms with Gasteiger partial charge < -0.3 is 4.74 Å². The Morgan fingerprint density at radius 3 is 2.67 bits per heavy atom. The summed E-state index contributed by atoms with van der Waals surface area (Å²) in [5, 5.41) is 6.70. The van der Waals surface area contributed by atoms with Crippen molar-refractivity contribution in [2.24, 2.45) is 11.0 Å². The third-order valence-corrected chi connectivity index (χ3v) is 6.44. The number of hydrogen-bond acceptors (Lipinski definition) is 5. The van der Waals surface area contributed by atoms with Crippen LogP contribution in [0.2, 0.25) is 5.02 Å². The maximum absolute atomic E-state index is 13.4. The molecule has 2 aromatic rings. The number of halogens is 2. The lowest BCUT2D eigenvalue weighted by Crippen LogP contribution is -2.44. The molecule has 6 nitrogen and oxygen atoms in total. The Bertz CT molecular complexity index is 1040. The molecule has 0 N–H and O–H groups in total. The molecule has 0 aromatic heterocycles. The number of ether oxygens (including phenoxy) is 1. The molecule has 33 heavy (non-hydrogen) atoms. The first-order chi connectivity index (χ1) is 16.0. The molecule has 0 saturated carbocycles. The van der Waals surface area contributed by atoms with Crippen molar-refractivity contribution in [1.82, 2.24) is 9.91 Å². The minimum atomic E-state index is -0.350. The zero-order valence-electron chi connectivity index (χ0n) is 18.5. The monoisotopic (exact) mass is 471 g/mol. The van der Waals surface area contributed by atoms with Gasteiger partial charge in [-0.1, -0.05) is 41.9 Å². The van der Waals surface area contributed by atoms with Crippen molar-refractivity contribution in [3.8, 4) is 0 Å². The van der Waals surface area contributed by atoms with E-state index in [1.54, 1.807) is 25.1 Å². The Balaban J connectivity index is 1.55. The van der Waals surface area contributed by atoms with Crippen molar-refractivity contribution in [1.29, 1.82) is 0 Å². The second-order valence-electron chi connectivity index (χ2n) is 8.36. The van der Waals surface area contributed by atoms with Gasteiger partial charge in [-0.3, -0.25) is 14.5 Å². The fourth-order valence-corrected chi connectivity index (χ4v) is 4.72. The molecule has 8 heteroatoms. The minimum Gasteiger partial charge on any atom is -0.466 e. The Hall–Kier alpha value is -2.77. The Morgan fingerprint density at radius 2 is 1.94 bits per heavy atom. The van der Waals surface area contributed by atoms with Gasteiger partial charge in [0.05, 0.1) is 30.8 Å². The summed E-state index contributed by atoms with van der Waals surface area (Å²) in [6.45, 7) is 3.52. The number of carbonyl (C=O) groups excluding carboxylic acids is 2. The highest BCUT2D eigenvalue weighted by Gasteiger charge is 2.36. The van der Waals surface area contributed by atoms with E-state index in [1.165, 1.54) is 17.1 Å². The van der Waals surface area contributed by atoms with Gasteiger partial charge in [0.15, 0.2) is 0 Å². The molecule has 1 fully saturated rings. The summed E-state index contributed by atoms with van der Waals surface area (Å²) in [6.07, 6.45) is 2.07. The van der Waals surface area contributed by atoms with Gasteiger partial charge in [-0.25, -0.2) is 9.40 Å². The molecule has 2 aromatic carbocycles. The highest BCUT2D eigenvalue weighted by molar-refractivity contribution is 6.31. The topological polar surface area (TPSA) is 62.2 Å². The van der Waals surface area contributed by atoms with Crippen LogP contribution >= 0.6 is 11.6 Å². The van der Waals surface area contributed by atoms with E-state index in [-0.39, 0.29) is 36.2 Å². The zero-order chi connectivity index (χ0) is 23.4. The molecule has 2 aliphatic rings. The SMILES string of the molecule is CCOC(=O)[C@@H]1CCCN(CC(=O)N2N=C(c3ccc(F)cc3)C[C@@H]2c2ccccc2Cl)C1. The molecule has 0 spiro atoms. The van der Waals surface area contributed by atoms with Crippen molar-refractivity contribution < 1.29 is 18.7 Å². The lowest BCUT2D eigenvalue weighted by molar-refractivity contribution is -0.150. The van der Waals surface area contributed by atoms with Crippen molar-refractivity contribution in [2.45, 2.75) is 32.2 Å². The highest BCUT2D eigenvalue weighted by atomic mass is 35.5. The van der Waals surface area contributed by atoms with Gasteiger partial charge in [0, 0.05) is 18.0 Å². The molecule has 1 saturated heterocycles. The Labute approximate surface area is 198 Å².